The van der Waals surface area contributed by atoms with Crippen LogP contribution in [0.25, 0.3) is 0 Å². The molecule has 0 saturated carbocycles. The summed E-state index contributed by atoms with van der Waals surface area (Å²) in [5, 5.41) is 3.44. The molecule has 5 heteroatoms. The quantitative estimate of drug-likeness (QED) is 0.802. The topological polar surface area (TPSA) is 29.1 Å². The van der Waals surface area contributed by atoms with Gasteiger partial charge in [-0.2, -0.15) is 0 Å². The number of Topliss-reactive ketones (excluding diaryl/α,β-unsaturated/α-hetero) is 1. The van der Waals surface area contributed by atoms with Gasteiger partial charge in [0, 0.05) is 50.6 Å². The number of hydrogen-bond acceptors (Lipinski definition) is 3. The van der Waals surface area contributed by atoms with Gasteiger partial charge in [-0.3, -0.25) is 4.79 Å². The first-order chi connectivity index (χ1) is 11.4. The molecule has 3 aliphatic rings. The molecule has 2 nitrogen and oxygen atoms in total. The Kier molecular flexibility index (Phi) is 3.60. The largest absolute Gasteiger partial charge is 0.361 e. The average Bonchev–Trinajstić information content (AvgIpc) is 2.98. The molecule has 0 fully saturated rings. The molecule has 1 N–H and O–H groups in total. The first kappa shape index (κ1) is 15.9. The summed E-state index contributed by atoms with van der Waals surface area (Å²) in [6.45, 7) is 3.89. The van der Waals surface area contributed by atoms with Crippen LogP contribution in [-0.4, -0.2) is 11.5 Å². The van der Waals surface area contributed by atoms with Gasteiger partial charge in [-0.1, -0.05) is 19.9 Å². The summed E-state index contributed by atoms with van der Waals surface area (Å²) in [4.78, 5) is 14.1. The van der Waals surface area contributed by atoms with E-state index in [4.69, 9.17) is 0 Å². The number of allylic oxidation sites excluding steroid dienone is 4. The minimum atomic E-state index is -0.594. The summed E-state index contributed by atoms with van der Waals surface area (Å²) < 4.78 is 27.9. The van der Waals surface area contributed by atoms with Crippen molar-refractivity contribution in [2.45, 2.75) is 39.0 Å². The van der Waals surface area contributed by atoms with Gasteiger partial charge < -0.3 is 5.32 Å². The van der Waals surface area contributed by atoms with Crippen LogP contribution in [0.5, 0.6) is 0 Å². The van der Waals surface area contributed by atoms with Crippen LogP contribution in [0.2, 0.25) is 0 Å². The van der Waals surface area contributed by atoms with Crippen molar-refractivity contribution in [3.05, 3.63) is 57.3 Å². The minimum absolute atomic E-state index is 0.0732. The van der Waals surface area contributed by atoms with Crippen LogP contribution in [0.1, 0.15) is 44.6 Å². The summed E-state index contributed by atoms with van der Waals surface area (Å²) in [6.07, 6.45) is 2.47. The van der Waals surface area contributed by atoms with Crippen LogP contribution in [0, 0.1) is 17.0 Å². The standard InChI is InChI=1S/C19H19F2NOS/c1-19(2)7-5-13-16(18(19)23)15(17-14(22-13)6-8-24-17)11-4-3-10(20)9-12(11)21/h3-4,9,15,22H,5-8H2,1-2H3. The molecule has 2 aliphatic heterocycles. The molecule has 0 radical (unpaired) electrons. The molecule has 1 aliphatic carbocycles. The average molecular weight is 347 g/mol. The zero-order valence-corrected chi connectivity index (χ0v) is 14.5. The third-order valence-electron chi connectivity index (χ3n) is 5.22. The van der Waals surface area contributed by atoms with Crippen molar-refractivity contribution in [1.29, 1.82) is 0 Å². The first-order valence-corrected chi connectivity index (χ1v) is 9.23. The number of rotatable bonds is 1. The number of ketones is 1. The fourth-order valence-corrected chi connectivity index (χ4v) is 5.09. The van der Waals surface area contributed by atoms with E-state index in [1.54, 1.807) is 11.8 Å². The summed E-state index contributed by atoms with van der Waals surface area (Å²) in [6, 6.07) is 3.68. The third-order valence-corrected chi connectivity index (χ3v) is 6.42. The van der Waals surface area contributed by atoms with Gasteiger partial charge in [-0.15, -0.1) is 11.8 Å². The summed E-state index contributed by atoms with van der Waals surface area (Å²) in [5.41, 5.74) is 2.65. The monoisotopic (exact) mass is 347 g/mol. The van der Waals surface area contributed by atoms with E-state index >= 15 is 0 Å². The van der Waals surface area contributed by atoms with Crippen LogP contribution in [0.4, 0.5) is 8.78 Å². The molecule has 0 amide bonds. The van der Waals surface area contributed by atoms with E-state index in [9.17, 15) is 13.6 Å². The maximum absolute atomic E-state index is 14.5. The van der Waals surface area contributed by atoms with Crippen LogP contribution < -0.4 is 5.32 Å². The second kappa shape index (κ2) is 5.45. The molecule has 1 unspecified atom stereocenters. The highest BCUT2D eigenvalue weighted by Crippen LogP contribution is 2.52. The second-order valence-electron chi connectivity index (χ2n) is 7.27. The normalized spacial score (nSPS) is 25.5. The highest BCUT2D eigenvalue weighted by atomic mass is 32.2. The Balaban J connectivity index is 1.90. The van der Waals surface area contributed by atoms with E-state index in [1.807, 2.05) is 13.8 Å². The van der Waals surface area contributed by atoms with Gasteiger partial charge in [0.15, 0.2) is 5.78 Å². The number of carbonyl (C=O) groups is 1. The lowest BCUT2D eigenvalue weighted by atomic mass is 9.69. The Hall–Kier alpha value is -1.62. The highest BCUT2D eigenvalue weighted by Gasteiger charge is 2.45. The summed E-state index contributed by atoms with van der Waals surface area (Å²) in [5.74, 6) is -0.581. The molecular formula is C19H19F2NOS. The molecule has 24 heavy (non-hydrogen) atoms. The lowest BCUT2D eigenvalue weighted by molar-refractivity contribution is -0.124. The number of benzene rings is 1. The van der Waals surface area contributed by atoms with Crippen LogP contribution in [0.15, 0.2) is 40.1 Å². The number of hydrogen-bond donors (Lipinski definition) is 1. The summed E-state index contributed by atoms with van der Waals surface area (Å²) in [7, 11) is 0. The lowest BCUT2D eigenvalue weighted by Crippen LogP contribution is -2.38. The van der Waals surface area contributed by atoms with Crippen molar-refractivity contribution in [2.75, 3.05) is 5.75 Å². The molecule has 1 atom stereocenters. The molecule has 1 aromatic carbocycles. The predicted molar refractivity (Wildman–Crippen MR) is 91.4 cm³/mol. The Bertz CT molecular complexity index is 810. The van der Waals surface area contributed by atoms with E-state index < -0.39 is 23.0 Å². The number of nitrogens with one attached hydrogen (secondary N) is 1. The number of halogens is 2. The smallest absolute Gasteiger partial charge is 0.167 e. The Morgan fingerprint density at radius 1 is 1.21 bits per heavy atom. The van der Waals surface area contributed by atoms with Crippen LogP contribution >= 0.6 is 11.8 Å². The molecule has 2 heterocycles. The van der Waals surface area contributed by atoms with Crippen molar-refractivity contribution >= 4 is 17.5 Å². The van der Waals surface area contributed by atoms with Gasteiger partial charge in [0.05, 0.1) is 0 Å². The Morgan fingerprint density at radius 3 is 2.75 bits per heavy atom. The van der Waals surface area contributed by atoms with Gasteiger partial charge in [0.2, 0.25) is 0 Å². The minimum Gasteiger partial charge on any atom is -0.361 e. The molecule has 4 rings (SSSR count). The Morgan fingerprint density at radius 2 is 2.00 bits per heavy atom. The predicted octanol–water partition coefficient (Wildman–Crippen LogP) is 4.64. The number of dihydropyridines is 1. The highest BCUT2D eigenvalue weighted by molar-refractivity contribution is 8.03. The zero-order chi connectivity index (χ0) is 17.1. The molecule has 0 aromatic heterocycles. The molecular weight excluding hydrogens is 328 g/mol. The fourth-order valence-electron chi connectivity index (χ4n) is 3.82. The fraction of sp³-hybridized carbons (Fsp3) is 0.421. The Labute approximate surface area is 144 Å². The molecule has 0 spiro atoms. The maximum atomic E-state index is 14.5. The zero-order valence-electron chi connectivity index (χ0n) is 13.7. The third kappa shape index (κ3) is 2.32. The van der Waals surface area contributed by atoms with E-state index in [0.29, 0.717) is 11.1 Å². The van der Waals surface area contributed by atoms with Crippen LogP contribution in [-0.2, 0) is 4.79 Å². The van der Waals surface area contributed by atoms with Crippen molar-refractivity contribution in [2.24, 2.45) is 5.41 Å². The molecule has 126 valence electrons. The molecule has 1 aromatic rings. The van der Waals surface area contributed by atoms with E-state index in [-0.39, 0.29) is 5.78 Å². The van der Waals surface area contributed by atoms with Crippen molar-refractivity contribution in [3.8, 4) is 0 Å². The van der Waals surface area contributed by atoms with Gasteiger partial charge in [-0.25, -0.2) is 8.78 Å². The van der Waals surface area contributed by atoms with Gasteiger partial charge in [-0.05, 0) is 25.3 Å². The van der Waals surface area contributed by atoms with Gasteiger partial charge in [0.1, 0.15) is 11.6 Å². The molecule has 0 bridgehead atoms. The molecule has 0 saturated heterocycles. The van der Waals surface area contributed by atoms with Crippen molar-refractivity contribution < 1.29 is 13.6 Å². The number of thioether (sulfide) groups is 1. The number of carbonyl (C=O) groups excluding carboxylic acids is 1. The van der Waals surface area contributed by atoms with Crippen molar-refractivity contribution in [3.63, 3.8) is 0 Å². The second-order valence-corrected chi connectivity index (χ2v) is 8.41. The first-order valence-electron chi connectivity index (χ1n) is 8.24. The summed E-state index contributed by atoms with van der Waals surface area (Å²) >= 11 is 1.67. The van der Waals surface area contributed by atoms with Crippen LogP contribution in [0.3, 0.4) is 0 Å². The van der Waals surface area contributed by atoms with E-state index in [2.05, 4.69) is 5.32 Å². The van der Waals surface area contributed by atoms with E-state index in [1.165, 1.54) is 12.1 Å². The SMILES string of the molecule is CC1(C)CCC2=C(C1=O)C(c1ccc(F)cc1F)C1=C(CCS1)N2. The van der Waals surface area contributed by atoms with E-state index in [0.717, 1.165) is 47.4 Å². The maximum Gasteiger partial charge on any atom is 0.167 e. The van der Waals surface area contributed by atoms with Crippen molar-refractivity contribution in [1.82, 2.24) is 5.32 Å². The lowest BCUT2D eigenvalue weighted by Gasteiger charge is -2.39. The van der Waals surface area contributed by atoms with Gasteiger partial charge >= 0.3 is 0 Å². The van der Waals surface area contributed by atoms with Gasteiger partial charge in [0.25, 0.3) is 0 Å².